The first-order valence-corrected chi connectivity index (χ1v) is 4.71. The van der Waals surface area contributed by atoms with Crippen molar-refractivity contribution in [3.8, 4) is 0 Å². The van der Waals surface area contributed by atoms with Crippen molar-refractivity contribution < 1.29 is 4.79 Å². The predicted octanol–water partition coefficient (Wildman–Crippen LogP) is 0.578. The summed E-state index contributed by atoms with van der Waals surface area (Å²) in [6.45, 7) is 2.00. The highest BCUT2D eigenvalue weighted by Crippen LogP contribution is 2.13. The molecule has 2 atom stereocenters. The molecule has 4 heteroatoms. The zero-order chi connectivity index (χ0) is 9.97. The van der Waals surface area contributed by atoms with Crippen molar-refractivity contribution in [2.75, 3.05) is 0 Å². The number of hydrogen-bond donors (Lipinski definition) is 2. The number of rotatable bonds is 1. The maximum absolute atomic E-state index is 11.3. The summed E-state index contributed by atoms with van der Waals surface area (Å²) in [7, 11) is 0. The van der Waals surface area contributed by atoms with Crippen LogP contribution in [0.15, 0.2) is 24.5 Å². The lowest BCUT2D eigenvalue weighted by Crippen LogP contribution is -2.49. The van der Waals surface area contributed by atoms with Gasteiger partial charge in [-0.05, 0) is 13.0 Å². The van der Waals surface area contributed by atoms with Gasteiger partial charge in [0, 0.05) is 30.4 Å². The third-order valence-corrected chi connectivity index (χ3v) is 2.27. The van der Waals surface area contributed by atoms with E-state index in [0.717, 1.165) is 5.56 Å². The first kappa shape index (κ1) is 9.15. The molecule has 2 heterocycles. The molecular formula is C10H13N3O. The molecule has 1 saturated heterocycles. The van der Waals surface area contributed by atoms with E-state index in [2.05, 4.69) is 15.6 Å². The molecule has 1 aromatic heterocycles. The standard InChI is InChI=1S/C10H13N3O/c1-7-5-9(14)13-10(12-7)8-3-2-4-11-6-8/h2-4,6-7,10,12H,5H2,1H3,(H,13,14). The van der Waals surface area contributed by atoms with Crippen LogP contribution in [-0.2, 0) is 4.79 Å². The number of hydrogen-bond acceptors (Lipinski definition) is 3. The molecule has 1 aromatic rings. The summed E-state index contributed by atoms with van der Waals surface area (Å²) in [6, 6.07) is 4.03. The van der Waals surface area contributed by atoms with E-state index in [0.29, 0.717) is 6.42 Å². The molecule has 1 aliphatic heterocycles. The van der Waals surface area contributed by atoms with Crippen molar-refractivity contribution in [3.63, 3.8) is 0 Å². The first-order chi connectivity index (χ1) is 6.75. The van der Waals surface area contributed by atoms with Crippen LogP contribution in [0, 0.1) is 0 Å². The van der Waals surface area contributed by atoms with Gasteiger partial charge in [0.05, 0.1) is 0 Å². The molecule has 0 radical (unpaired) electrons. The van der Waals surface area contributed by atoms with Gasteiger partial charge >= 0.3 is 0 Å². The Bertz CT molecular complexity index is 325. The molecule has 14 heavy (non-hydrogen) atoms. The van der Waals surface area contributed by atoms with Gasteiger partial charge in [0.2, 0.25) is 5.91 Å². The van der Waals surface area contributed by atoms with E-state index in [1.54, 1.807) is 12.4 Å². The van der Waals surface area contributed by atoms with Crippen LogP contribution in [0.4, 0.5) is 0 Å². The molecule has 4 nitrogen and oxygen atoms in total. The highest BCUT2D eigenvalue weighted by Gasteiger charge is 2.23. The Morgan fingerprint density at radius 2 is 2.43 bits per heavy atom. The number of pyridine rings is 1. The summed E-state index contributed by atoms with van der Waals surface area (Å²) in [4.78, 5) is 15.3. The van der Waals surface area contributed by atoms with Crippen LogP contribution in [0.2, 0.25) is 0 Å². The fourth-order valence-corrected chi connectivity index (χ4v) is 1.61. The highest BCUT2D eigenvalue weighted by molar-refractivity contribution is 5.77. The summed E-state index contributed by atoms with van der Waals surface area (Å²) < 4.78 is 0. The highest BCUT2D eigenvalue weighted by atomic mass is 16.2. The van der Waals surface area contributed by atoms with Gasteiger partial charge in [-0.1, -0.05) is 6.07 Å². The topological polar surface area (TPSA) is 54.0 Å². The molecule has 0 spiro atoms. The third-order valence-electron chi connectivity index (χ3n) is 2.27. The summed E-state index contributed by atoms with van der Waals surface area (Å²) in [5, 5.41) is 6.16. The monoisotopic (exact) mass is 191 g/mol. The summed E-state index contributed by atoms with van der Waals surface area (Å²) in [5.74, 6) is 0.0881. The number of amides is 1. The Morgan fingerprint density at radius 1 is 1.57 bits per heavy atom. The van der Waals surface area contributed by atoms with Crippen molar-refractivity contribution in [1.29, 1.82) is 0 Å². The minimum atomic E-state index is -0.0973. The Kier molecular flexibility index (Phi) is 2.45. The van der Waals surface area contributed by atoms with Crippen molar-refractivity contribution in [2.45, 2.75) is 25.6 Å². The van der Waals surface area contributed by atoms with Crippen LogP contribution in [0.25, 0.3) is 0 Å². The number of carbonyl (C=O) groups is 1. The number of nitrogens with zero attached hydrogens (tertiary/aromatic N) is 1. The Balaban J connectivity index is 2.15. The Labute approximate surface area is 82.7 Å². The average Bonchev–Trinajstić information content (AvgIpc) is 2.18. The smallest absolute Gasteiger partial charge is 0.223 e. The van der Waals surface area contributed by atoms with Gasteiger partial charge in [-0.3, -0.25) is 15.1 Å². The third kappa shape index (κ3) is 1.90. The largest absolute Gasteiger partial charge is 0.337 e. The van der Waals surface area contributed by atoms with Gasteiger partial charge in [-0.15, -0.1) is 0 Å². The van der Waals surface area contributed by atoms with Crippen molar-refractivity contribution in [1.82, 2.24) is 15.6 Å². The van der Waals surface area contributed by atoms with Crippen LogP contribution in [0.1, 0.15) is 25.1 Å². The van der Waals surface area contributed by atoms with Gasteiger partial charge < -0.3 is 5.32 Å². The number of carbonyl (C=O) groups excluding carboxylic acids is 1. The van der Waals surface area contributed by atoms with E-state index in [1.807, 2.05) is 19.1 Å². The molecule has 0 saturated carbocycles. The quantitative estimate of drug-likeness (QED) is 0.682. The lowest BCUT2D eigenvalue weighted by atomic mass is 10.1. The molecule has 2 rings (SSSR count). The fraction of sp³-hybridized carbons (Fsp3) is 0.400. The van der Waals surface area contributed by atoms with Crippen molar-refractivity contribution >= 4 is 5.91 Å². The van der Waals surface area contributed by atoms with Crippen LogP contribution in [0.3, 0.4) is 0 Å². The Morgan fingerprint density at radius 3 is 3.07 bits per heavy atom. The molecule has 1 aliphatic rings. The van der Waals surface area contributed by atoms with E-state index in [9.17, 15) is 4.79 Å². The summed E-state index contributed by atoms with van der Waals surface area (Å²) >= 11 is 0. The second kappa shape index (κ2) is 3.75. The molecule has 1 amide bonds. The molecule has 2 N–H and O–H groups in total. The minimum absolute atomic E-state index is 0.0881. The van der Waals surface area contributed by atoms with Gasteiger partial charge in [-0.2, -0.15) is 0 Å². The molecule has 74 valence electrons. The number of aromatic nitrogens is 1. The zero-order valence-corrected chi connectivity index (χ0v) is 8.03. The van der Waals surface area contributed by atoms with Gasteiger partial charge in [0.1, 0.15) is 6.17 Å². The summed E-state index contributed by atoms with van der Waals surface area (Å²) in [6.07, 6.45) is 3.92. The normalized spacial score (nSPS) is 27.1. The molecular weight excluding hydrogens is 178 g/mol. The maximum Gasteiger partial charge on any atom is 0.223 e. The van der Waals surface area contributed by atoms with E-state index < -0.39 is 0 Å². The van der Waals surface area contributed by atoms with E-state index in [-0.39, 0.29) is 18.1 Å². The van der Waals surface area contributed by atoms with Crippen molar-refractivity contribution in [2.24, 2.45) is 0 Å². The van der Waals surface area contributed by atoms with E-state index in [1.165, 1.54) is 0 Å². The SMILES string of the molecule is CC1CC(=O)NC(c2cccnc2)N1. The van der Waals surface area contributed by atoms with Gasteiger partial charge in [-0.25, -0.2) is 0 Å². The second-order valence-corrected chi connectivity index (χ2v) is 3.56. The van der Waals surface area contributed by atoms with E-state index in [4.69, 9.17) is 0 Å². The molecule has 2 unspecified atom stereocenters. The number of nitrogens with one attached hydrogen (secondary N) is 2. The molecule has 0 aromatic carbocycles. The van der Waals surface area contributed by atoms with Crippen LogP contribution < -0.4 is 10.6 Å². The maximum atomic E-state index is 11.3. The van der Waals surface area contributed by atoms with Crippen LogP contribution >= 0.6 is 0 Å². The van der Waals surface area contributed by atoms with Crippen LogP contribution in [0.5, 0.6) is 0 Å². The lowest BCUT2D eigenvalue weighted by Gasteiger charge is -2.29. The average molecular weight is 191 g/mol. The molecule has 1 fully saturated rings. The van der Waals surface area contributed by atoms with Gasteiger partial charge in [0.15, 0.2) is 0 Å². The van der Waals surface area contributed by atoms with E-state index >= 15 is 0 Å². The predicted molar refractivity (Wildman–Crippen MR) is 52.3 cm³/mol. The first-order valence-electron chi connectivity index (χ1n) is 4.71. The Hall–Kier alpha value is -1.42. The molecule has 0 bridgehead atoms. The summed E-state index contributed by atoms with van der Waals surface area (Å²) in [5.41, 5.74) is 0.993. The van der Waals surface area contributed by atoms with Gasteiger partial charge in [0.25, 0.3) is 0 Å². The second-order valence-electron chi connectivity index (χ2n) is 3.56. The lowest BCUT2D eigenvalue weighted by molar-refractivity contribution is -0.124. The van der Waals surface area contributed by atoms with Crippen LogP contribution in [-0.4, -0.2) is 16.9 Å². The zero-order valence-electron chi connectivity index (χ0n) is 8.03. The minimum Gasteiger partial charge on any atom is -0.337 e. The molecule has 0 aliphatic carbocycles. The van der Waals surface area contributed by atoms with Crippen molar-refractivity contribution in [3.05, 3.63) is 30.1 Å². The fourth-order valence-electron chi connectivity index (χ4n) is 1.61.